The van der Waals surface area contributed by atoms with Crippen molar-refractivity contribution in [1.82, 2.24) is 8.83 Å². The molecule has 0 saturated carbocycles. The number of aliphatic hydroxyl groups is 1. The Kier molecular flexibility index (Phi) is 3.48. The average molecular weight is 279 g/mol. The van der Waals surface area contributed by atoms with Gasteiger partial charge in [0.15, 0.2) is 0 Å². The molecule has 0 spiro atoms. The smallest absolute Gasteiger partial charge is 0.243 e. The first-order valence-corrected chi connectivity index (χ1v) is 5.81. The van der Waals surface area contributed by atoms with Gasteiger partial charge in [-0.25, -0.2) is 3.93 Å². The number of hydrogen-bond acceptors (Lipinski definition) is 3. The van der Waals surface area contributed by atoms with Crippen molar-refractivity contribution in [2.24, 2.45) is 0 Å². The summed E-state index contributed by atoms with van der Waals surface area (Å²) in [5.74, 6) is 0.0488. The van der Waals surface area contributed by atoms with Gasteiger partial charge >= 0.3 is 0 Å². The predicted octanol–water partition coefficient (Wildman–Crippen LogP) is 0.990. The van der Waals surface area contributed by atoms with Gasteiger partial charge in [-0.15, -0.1) is 0 Å². The second kappa shape index (κ2) is 4.03. The summed E-state index contributed by atoms with van der Waals surface area (Å²) in [6.07, 6.45) is 0. The summed E-state index contributed by atoms with van der Waals surface area (Å²) >= 11 is 3.47. The van der Waals surface area contributed by atoms with Gasteiger partial charge in [0.25, 0.3) is 0 Å². The molecule has 4 nitrogen and oxygen atoms in total. The second-order valence-electron chi connectivity index (χ2n) is 5.10. The van der Waals surface area contributed by atoms with E-state index in [9.17, 15) is 4.79 Å². The number of nitrogens with zero attached hydrogens (tertiary/aromatic N) is 2. The zero-order valence-electron chi connectivity index (χ0n) is 9.75. The van der Waals surface area contributed by atoms with Gasteiger partial charge in [0.05, 0.1) is 6.61 Å². The molecule has 0 radical (unpaired) electrons. The van der Waals surface area contributed by atoms with Crippen LogP contribution in [0.1, 0.15) is 27.7 Å². The maximum absolute atomic E-state index is 12.1. The van der Waals surface area contributed by atoms with E-state index < -0.39 is 5.54 Å². The summed E-state index contributed by atoms with van der Waals surface area (Å²) in [6.45, 7) is 8.96. The summed E-state index contributed by atoms with van der Waals surface area (Å²) in [6, 6.07) is 0. The molecule has 0 aromatic heterocycles. The lowest BCUT2D eigenvalue weighted by molar-refractivity contribution is -0.150. The van der Waals surface area contributed by atoms with E-state index in [0.29, 0.717) is 13.1 Å². The maximum atomic E-state index is 12.1. The van der Waals surface area contributed by atoms with Crippen molar-refractivity contribution in [3.05, 3.63) is 0 Å². The predicted molar refractivity (Wildman–Crippen MR) is 62.6 cm³/mol. The Morgan fingerprint density at radius 3 is 2.40 bits per heavy atom. The van der Waals surface area contributed by atoms with Gasteiger partial charge in [-0.2, -0.15) is 0 Å². The lowest BCUT2D eigenvalue weighted by Gasteiger charge is -2.51. The summed E-state index contributed by atoms with van der Waals surface area (Å²) in [5, 5.41) is 8.92. The van der Waals surface area contributed by atoms with Crippen LogP contribution >= 0.6 is 16.1 Å². The largest absolute Gasteiger partial charge is 0.395 e. The Labute approximate surface area is 99.6 Å². The van der Waals surface area contributed by atoms with Gasteiger partial charge in [0, 0.05) is 34.8 Å². The van der Waals surface area contributed by atoms with Crippen molar-refractivity contribution >= 4 is 22.1 Å². The third-order valence-electron chi connectivity index (χ3n) is 2.78. The van der Waals surface area contributed by atoms with Crippen molar-refractivity contribution in [2.45, 2.75) is 38.8 Å². The molecule has 88 valence electrons. The minimum atomic E-state index is -0.572. The Hall–Kier alpha value is -0.130. The van der Waals surface area contributed by atoms with Gasteiger partial charge in [-0.05, 0) is 27.7 Å². The van der Waals surface area contributed by atoms with Crippen LogP contribution in [0.2, 0.25) is 0 Å². The van der Waals surface area contributed by atoms with Crippen LogP contribution in [0.25, 0.3) is 0 Å². The standard InChI is InChI=1S/C10H19BrN2O2/c1-9(2)7-12(5-6-14)8(15)10(3,4)13(9)11/h14H,5-7H2,1-4H3. The van der Waals surface area contributed by atoms with Crippen LogP contribution in [0.15, 0.2) is 0 Å². The topological polar surface area (TPSA) is 43.8 Å². The molecule has 1 fully saturated rings. The van der Waals surface area contributed by atoms with Crippen molar-refractivity contribution in [3.8, 4) is 0 Å². The molecular formula is C10H19BrN2O2. The summed E-state index contributed by atoms with van der Waals surface area (Å²) in [4.78, 5) is 13.8. The molecule has 1 N–H and O–H groups in total. The fourth-order valence-corrected chi connectivity index (χ4v) is 2.39. The number of amides is 1. The van der Waals surface area contributed by atoms with E-state index in [0.717, 1.165) is 0 Å². The van der Waals surface area contributed by atoms with Gasteiger partial charge in [0.2, 0.25) is 5.91 Å². The number of halogens is 1. The number of aliphatic hydroxyl groups excluding tert-OH is 1. The van der Waals surface area contributed by atoms with E-state index in [1.54, 1.807) is 4.90 Å². The molecule has 0 aromatic carbocycles. The van der Waals surface area contributed by atoms with E-state index in [4.69, 9.17) is 5.11 Å². The molecule has 1 rings (SSSR count). The monoisotopic (exact) mass is 278 g/mol. The fraction of sp³-hybridized carbons (Fsp3) is 0.900. The molecule has 0 aliphatic carbocycles. The maximum Gasteiger partial charge on any atom is 0.243 e. The minimum absolute atomic E-state index is 0.0141. The second-order valence-corrected chi connectivity index (χ2v) is 5.81. The number of carbonyl (C=O) groups excluding carboxylic acids is 1. The third kappa shape index (κ3) is 2.19. The van der Waals surface area contributed by atoms with Crippen molar-refractivity contribution < 1.29 is 9.90 Å². The number of carbonyl (C=O) groups is 1. The van der Waals surface area contributed by atoms with E-state index in [2.05, 4.69) is 30.0 Å². The Morgan fingerprint density at radius 2 is 1.93 bits per heavy atom. The molecule has 1 amide bonds. The van der Waals surface area contributed by atoms with Crippen LogP contribution in [0, 0.1) is 0 Å². The highest BCUT2D eigenvalue weighted by Gasteiger charge is 2.49. The summed E-state index contributed by atoms with van der Waals surface area (Å²) < 4.78 is 1.92. The lowest BCUT2D eigenvalue weighted by atomic mass is 9.90. The van der Waals surface area contributed by atoms with E-state index >= 15 is 0 Å². The SMILES string of the molecule is CC1(C)CN(CCO)C(=O)C(C)(C)N1Br. The van der Waals surface area contributed by atoms with Crippen LogP contribution in [0.3, 0.4) is 0 Å². The van der Waals surface area contributed by atoms with E-state index in [-0.39, 0.29) is 18.1 Å². The van der Waals surface area contributed by atoms with Gasteiger partial charge in [-0.3, -0.25) is 4.79 Å². The molecule has 1 aliphatic heterocycles. The molecule has 0 unspecified atom stereocenters. The molecule has 0 atom stereocenters. The van der Waals surface area contributed by atoms with E-state index in [1.807, 2.05) is 17.8 Å². The molecule has 15 heavy (non-hydrogen) atoms. The van der Waals surface area contributed by atoms with Gasteiger partial charge < -0.3 is 10.0 Å². The zero-order valence-corrected chi connectivity index (χ0v) is 11.3. The molecule has 5 heteroatoms. The zero-order chi connectivity index (χ0) is 11.9. The first-order chi connectivity index (χ1) is 6.73. The van der Waals surface area contributed by atoms with Gasteiger partial charge in [-0.1, -0.05) is 0 Å². The summed E-state index contributed by atoms with van der Waals surface area (Å²) in [7, 11) is 0. The van der Waals surface area contributed by atoms with Crippen LogP contribution in [-0.2, 0) is 4.79 Å². The Morgan fingerprint density at radius 1 is 1.40 bits per heavy atom. The number of piperazine rings is 1. The first kappa shape index (κ1) is 12.9. The average Bonchev–Trinajstić information content (AvgIpc) is 2.12. The van der Waals surface area contributed by atoms with Crippen molar-refractivity contribution in [3.63, 3.8) is 0 Å². The highest BCUT2D eigenvalue weighted by atomic mass is 79.9. The van der Waals surface area contributed by atoms with Crippen molar-refractivity contribution in [2.75, 3.05) is 19.7 Å². The van der Waals surface area contributed by atoms with Crippen molar-refractivity contribution in [1.29, 1.82) is 0 Å². The Balaban J connectivity index is 2.96. The fourth-order valence-electron chi connectivity index (χ4n) is 2.13. The number of rotatable bonds is 2. The third-order valence-corrected chi connectivity index (χ3v) is 4.63. The van der Waals surface area contributed by atoms with Crippen LogP contribution < -0.4 is 0 Å². The molecule has 1 heterocycles. The van der Waals surface area contributed by atoms with Crippen LogP contribution in [-0.4, -0.2) is 50.6 Å². The molecule has 0 aromatic rings. The Bertz CT molecular complexity index is 266. The van der Waals surface area contributed by atoms with Gasteiger partial charge in [0.1, 0.15) is 5.54 Å². The number of β-amino-alcohol motifs (C(OH)–C–C–N with tert-alkyl or cyclic N) is 1. The lowest BCUT2D eigenvalue weighted by Crippen LogP contribution is -2.68. The highest BCUT2D eigenvalue weighted by molar-refractivity contribution is 9.07. The highest BCUT2D eigenvalue weighted by Crippen LogP contribution is 2.35. The minimum Gasteiger partial charge on any atom is -0.395 e. The number of hydrogen-bond donors (Lipinski definition) is 1. The normalized spacial score (nSPS) is 25.7. The van der Waals surface area contributed by atoms with Crippen LogP contribution in [0.5, 0.6) is 0 Å². The quantitative estimate of drug-likeness (QED) is 0.767. The molecular weight excluding hydrogens is 260 g/mol. The van der Waals surface area contributed by atoms with E-state index in [1.165, 1.54) is 0 Å². The summed E-state index contributed by atoms with van der Waals surface area (Å²) in [5.41, 5.74) is -0.705. The molecule has 1 saturated heterocycles. The van der Waals surface area contributed by atoms with Crippen LogP contribution in [0.4, 0.5) is 0 Å². The first-order valence-electron chi connectivity index (χ1n) is 5.10. The molecule has 0 bridgehead atoms. The molecule has 1 aliphatic rings.